The summed E-state index contributed by atoms with van der Waals surface area (Å²) < 4.78 is 63.3. The second-order valence-electron chi connectivity index (χ2n) is 32.4. The van der Waals surface area contributed by atoms with E-state index in [2.05, 4.69) is 213 Å². The van der Waals surface area contributed by atoms with Gasteiger partial charge in [-0.2, -0.15) is 0 Å². The van der Waals surface area contributed by atoms with Gasteiger partial charge in [0.25, 0.3) is 0 Å². The molecule has 2 fully saturated rings. The van der Waals surface area contributed by atoms with Crippen LogP contribution in [0.1, 0.15) is 174 Å². The number of carbonyl (C=O) groups excluding carboxylic acids is 2. The van der Waals surface area contributed by atoms with E-state index in [1.807, 2.05) is 91.8 Å². The van der Waals surface area contributed by atoms with Crippen LogP contribution in [0.15, 0.2) is 84.7 Å². The summed E-state index contributed by atoms with van der Waals surface area (Å²) in [6, 6.07) is 20.1. The zero-order chi connectivity index (χ0) is 72.3. The van der Waals surface area contributed by atoms with Crippen LogP contribution in [0.5, 0.6) is 11.5 Å². The molecule has 5 rings (SSSR count). The minimum absolute atomic E-state index is 0.0735. The Morgan fingerprint density at radius 2 is 1.15 bits per heavy atom. The molecule has 0 N–H and O–H groups in total. The molecule has 12 nitrogen and oxygen atoms in total. The van der Waals surface area contributed by atoms with Crippen LogP contribution in [0.2, 0.25) is 87.6 Å². The standard InChI is InChI=1S/C37H64O6Si2.C22H30O3SeSi.C18H35IO3Si/c1-16-39-31-24-28(4)33(35(38)40-22-23-44(11,12)13)30(25-31)18-17-19-32-34(42-37(9,10)41-32)27(3)21-20-26(2)29(5)43-45(14,15)36(6,7)8;1-6-24-19-14-17(2)21(22(23)25-12-13-27(3,4)5)18(15-19)16-26-20-10-8-7-9-11-20;1-13(14(2)22-23(8,9)17(3,4)5)12-16-15(10-11-19)20-18(6,7)21-16/h17-18,20-21,24-27,29,32,34H,16,19,22-23H2,1-15H3;7-11,14-15H,6,12-13,16H2,1-5H3;12-15H,10-11H2,1-9H3/b18-17+,21-20-;;16-12+/t26-,27?,29+,32+,34-;;13-,14+,15+/m1.1/s1. The first-order valence-corrected chi connectivity index (χ1v) is 51.7. The number of ether oxygens (including phenoxy) is 8. The molecule has 1 unspecified atom stereocenters. The van der Waals surface area contributed by atoms with Crippen molar-refractivity contribution in [2.45, 2.75) is 279 Å². The van der Waals surface area contributed by atoms with Gasteiger partial charge >= 0.3 is 177 Å². The van der Waals surface area contributed by atoms with E-state index >= 15 is 0 Å². The fourth-order valence-electron chi connectivity index (χ4n) is 10.2. The molecule has 8 atom stereocenters. The summed E-state index contributed by atoms with van der Waals surface area (Å²) in [6.07, 6.45) is 12.6. The van der Waals surface area contributed by atoms with E-state index in [1.165, 1.54) is 4.46 Å². The number of hydrogen-bond donors (Lipinski definition) is 0. The normalized spacial score (nSPS) is 19.6. The Kier molecular flexibility index (Phi) is 34.3. The van der Waals surface area contributed by atoms with Gasteiger partial charge in [0.2, 0.25) is 5.79 Å². The van der Waals surface area contributed by atoms with Crippen molar-refractivity contribution in [2.75, 3.05) is 30.9 Å². The van der Waals surface area contributed by atoms with Gasteiger partial charge in [0.15, 0.2) is 22.4 Å². The Morgan fingerprint density at radius 1 is 0.653 bits per heavy atom. The SMILES string of the molecule is CCOc1cc(C)c(C(=O)OCC[Si](C)(C)C)c(/C=C/C[C@@H]2OC(C)(C)O[C@@H]2C(C)/C=C\[C@@H](C)[C@H](C)O[Si](C)(C)C(C)(C)C)c1.CCOc1cc(C)c(C(=O)OCC[Si](C)(C)C)c(C[Se]c2ccccc2)c1.C[C@H](/C=C1/OC(C)(C)O[C@H]1CCI)[C@H](C)O[Si](C)(C)C(C)(C)C. The predicted molar refractivity (Wildman–Crippen MR) is 418 cm³/mol. The van der Waals surface area contributed by atoms with Gasteiger partial charge in [0.05, 0.1) is 31.0 Å². The molecule has 3 aromatic carbocycles. The van der Waals surface area contributed by atoms with E-state index in [9.17, 15) is 9.59 Å². The number of benzene rings is 3. The quantitative estimate of drug-likeness (QED) is 0.0207. The van der Waals surface area contributed by atoms with Gasteiger partial charge in [-0.3, -0.25) is 0 Å². The monoisotopic (exact) mass is 1560 g/mol. The van der Waals surface area contributed by atoms with E-state index in [4.69, 9.17) is 46.7 Å². The van der Waals surface area contributed by atoms with Crippen molar-refractivity contribution >= 4 is 92.8 Å². The summed E-state index contributed by atoms with van der Waals surface area (Å²) in [4.78, 5) is 26.1. The Labute approximate surface area is 602 Å². The first-order chi connectivity index (χ1) is 43.7. The molecule has 0 aromatic heterocycles. The van der Waals surface area contributed by atoms with Crippen LogP contribution in [-0.2, 0) is 42.6 Å². The van der Waals surface area contributed by atoms with Crippen molar-refractivity contribution in [1.82, 2.24) is 0 Å². The number of esters is 2. The van der Waals surface area contributed by atoms with Crippen molar-refractivity contribution in [3.05, 3.63) is 118 Å². The summed E-state index contributed by atoms with van der Waals surface area (Å²) in [5, 5.41) is 1.25. The fourth-order valence-corrected chi connectivity index (χ4v) is 17.1. The van der Waals surface area contributed by atoms with Crippen molar-refractivity contribution in [1.29, 1.82) is 0 Å². The summed E-state index contributed by atoms with van der Waals surface area (Å²) in [5.74, 6) is 1.59. The van der Waals surface area contributed by atoms with Crippen LogP contribution in [-0.4, -0.2) is 133 Å². The average Bonchev–Trinajstić information content (AvgIpc) is 1.71. The van der Waals surface area contributed by atoms with Gasteiger partial charge in [-0.05, 0) is 132 Å². The zero-order valence-electron chi connectivity index (χ0n) is 64.5. The van der Waals surface area contributed by atoms with Crippen molar-refractivity contribution < 1.29 is 56.3 Å². The molecule has 538 valence electrons. The number of aryl methyl sites for hydroxylation is 2. The van der Waals surface area contributed by atoms with Gasteiger partial charge in [0, 0.05) is 50.4 Å². The minimum Gasteiger partial charge on any atom is -0.465 e. The molecular weight excluding hydrogens is 1440 g/mol. The van der Waals surface area contributed by atoms with Crippen LogP contribution in [0.25, 0.3) is 6.08 Å². The first kappa shape index (κ1) is 86.4. The van der Waals surface area contributed by atoms with Crippen LogP contribution < -0.4 is 13.9 Å². The Morgan fingerprint density at radius 3 is 1.64 bits per heavy atom. The maximum absolute atomic E-state index is 13.2. The summed E-state index contributed by atoms with van der Waals surface area (Å²) >= 11 is 2.65. The number of alkyl halides is 1. The molecule has 0 spiro atoms. The zero-order valence-corrected chi connectivity index (χ0v) is 72.3. The van der Waals surface area contributed by atoms with Gasteiger partial charge in [-0.15, -0.1) is 0 Å². The van der Waals surface area contributed by atoms with Crippen molar-refractivity contribution in [3.63, 3.8) is 0 Å². The molecule has 3 aromatic rings. The third-order valence-electron chi connectivity index (χ3n) is 18.2. The summed E-state index contributed by atoms with van der Waals surface area (Å²) in [7, 11) is -6.14. The van der Waals surface area contributed by atoms with Gasteiger partial charge in [0.1, 0.15) is 17.6 Å². The van der Waals surface area contributed by atoms with E-state index in [-0.39, 0.29) is 79.3 Å². The van der Waals surface area contributed by atoms with E-state index in [0.29, 0.717) is 49.9 Å². The average molecular weight is 1570 g/mol. The molecule has 0 bridgehead atoms. The molecule has 18 heteroatoms. The number of hydrogen-bond acceptors (Lipinski definition) is 12. The van der Waals surface area contributed by atoms with Gasteiger partial charge in [-0.1, -0.05) is 129 Å². The third-order valence-corrected chi connectivity index (χ3v) is 33.6. The molecule has 2 saturated heterocycles. The molecular formula is C77H129IO12SeSi4. The van der Waals surface area contributed by atoms with Crippen molar-refractivity contribution in [3.8, 4) is 11.5 Å². The largest absolute Gasteiger partial charge is 0.465 e. The van der Waals surface area contributed by atoms with Crippen LogP contribution in [0, 0.1) is 31.6 Å². The predicted octanol–water partition coefficient (Wildman–Crippen LogP) is 20.4. The minimum atomic E-state index is -1.85. The first-order valence-electron chi connectivity index (χ1n) is 34.9. The second-order valence-corrected chi connectivity index (χ2v) is 56.4. The van der Waals surface area contributed by atoms with E-state index in [1.54, 1.807) is 0 Å². The molecule has 2 heterocycles. The molecule has 0 aliphatic carbocycles. The fraction of sp³-hybridized carbons (Fsp3) is 0.662. The van der Waals surface area contributed by atoms with E-state index in [0.717, 1.165) is 67.8 Å². The number of rotatable bonds is 30. The molecule has 0 amide bonds. The molecule has 2 aliphatic heterocycles. The van der Waals surface area contributed by atoms with Crippen LogP contribution in [0.3, 0.4) is 0 Å². The number of carbonyl (C=O) groups is 2. The van der Waals surface area contributed by atoms with Gasteiger partial charge in [-0.25, -0.2) is 4.79 Å². The Hall–Kier alpha value is -2.86. The Balaban J connectivity index is 0.000000400. The second kappa shape index (κ2) is 37.7. The van der Waals surface area contributed by atoms with Gasteiger partial charge < -0.3 is 37.3 Å². The molecule has 0 radical (unpaired) electrons. The molecule has 95 heavy (non-hydrogen) atoms. The van der Waals surface area contributed by atoms with Crippen LogP contribution >= 0.6 is 22.6 Å². The van der Waals surface area contributed by atoms with Crippen molar-refractivity contribution in [2.24, 2.45) is 17.8 Å². The number of halogens is 1. The maximum atomic E-state index is 13.2. The maximum Gasteiger partial charge on any atom is 0.205 e. The topological polar surface area (TPSA) is 126 Å². The third kappa shape index (κ3) is 29.7. The summed E-state index contributed by atoms with van der Waals surface area (Å²) in [5.41, 5.74) is 4.90. The molecule has 0 saturated carbocycles. The summed E-state index contributed by atoms with van der Waals surface area (Å²) in [6.45, 7) is 65.5. The van der Waals surface area contributed by atoms with Crippen LogP contribution in [0.4, 0.5) is 0 Å². The Bertz CT molecular complexity index is 2950. The van der Waals surface area contributed by atoms with E-state index < -0.39 is 44.4 Å². The smallest absolute Gasteiger partial charge is 0.205 e. The molecule has 2 aliphatic rings.